The summed E-state index contributed by atoms with van der Waals surface area (Å²) in [4.78, 5) is 20.6. The number of carbonyl (C=O) groups is 1. The van der Waals surface area contributed by atoms with E-state index < -0.39 is 0 Å². The molecule has 2 aromatic carbocycles. The van der Waals surface area contributed by atoms with Crippen LogP contribution in [0.5, 0.6) is 0 Å². The average molecular weight is 385 g/mol. The largest absolute Gasteiger partial charge is 0.354 e. The fourth-order valence-corrected chi connectivity index (χ4v) is 2.64. The van der Waals surface area contributed by atoms with Crippen molar-refractivity contribution in [1.82, 2.24) is 9.97 Å². The third-order valence-corrected chi connectivity index (χ3v) is 4.23. The van der Waals surface area contributed by atoms with Crippen LogP contribution < -0.4 is 10.6 Å². The van der Waals surface area contributed by atoms with Gasteiger partial charge in [0.25, 0.3) is 5.91 Å². The van der Waals surface area contributed by atoms with Crippen molar-refractivity contribution >= 4 is 29.1 Å². The lowest BCUT2D eigenvalue weighted by Gasteiger charge is -2.09. The molecule has 0 fully saturated rings. The standard InChI is InChI=1S/C20H18ClFN4O/c1-13-6-7-16(21)10-18(13)26-19(27)15-11-24-20(25-12-15)23-9-8-14-4-2-3-5-17(14)22/h2-7,10-12H,8-9H2,1H3,(H,26,27)(H,23,24,25). The van der Waals surface area contributed by atoms with Crippen LogP contribution in [0.2, 0.25) is 5.02 Å². The molecule has 0 saturated heterocycles. The van der Waals surface area contributed by atoms with Crippen molar-refractivity contribution in [3.05, 3.63) is 82.4 Å². The van der Waals surface area contributed by atoms with Gasteiger partial charge in [-0.2, -0.15) is 0 Å². The predicted molar refractivity (Wildman–Crippen MR) is 105 cm³/mol. The second-order valence-corrected chi connectivity index (χ2v) is 6.41. The van der Waals surface area contributed by atoms with Crippen LogP contribution >= 0.6 is 11.6 Å². The predicted octanol–water partition coefficient (Wildman–Crippen LogP) is 4.48. The number of hydrogen-bond donors (Lipinski definition) is 2. The highest BCUT2D eigenvalue weighted by Gasteiger charge is 2.10. The molecule has 0 aliphatic carbocycles. The van der Waals surface area contributed by atoms with Crippen LogP contribution in [0.3, 0.4) is 0 Å². The minimum atomic E-state index is -0.321. The van der Waals surface area contributed by atoms with Gasteiger partial charge in [0.2, 0.25) is 5.95 Å². The number of anilines is 2. The Morgan fingerprint density at radius 2 is 1.89 bits per heavy atom. The lowest BCUT2D eigenvalue weighted by molar-refractivity contribution is 0.102. The molecule has 0 aliphatic heterocycles. The Balaban J connectivity index is 1.57. The number of aromatic nitrogens is 2. The lowest BCUT2D eigenvalue weighted by atomic mass is 10.1. The molecule has 0 saturated carbocycles. The summed E-state index contributed by atoms with van der Waals surface area (Å²) in [7, 11) is 0. The van der Waals surface area contributed by atoms with Crippen molar-refractivity contribution in [2.75, 3.05) is 17.2 Å². The molecule has 0 atom stereocenters. The molecule has 0 unspecified atom stereocenters. The fourth-order valence-electron chi connectivity index (χ4n) is 2.47. The molecule has 1 amide bonds. The Labute approximate surface area is 161 Å². The summed E-state index contributed by atoms with van der Waals surface area (Å²) in [6, 6.07) is 11.9. The number of halogens is 2. The van der Waals surface area contributed by atoms with E-state index in [-0.39, 0.29) is 11.7 Å². The zero-order valence-corrected chi connectivity index (χ0v) is 15.4. The van der Waals surface area contributed by atoms with Crippen molar-refractivity contribution in [2.45, 2.75) is 13.3 Å². The quantitative estimate of drug-likeness (QED) is 0.657. The first-order valence-corrected chi connectivity index (χ1v) is 8.77. The van der Waals surface area contributed by atoms with Crippen LogP contribution in [0.4, 0.5) is 16.0 Å². The maximum absolute atomic E-state index is 13.6. The summed E-state index contributed by atoms with van der Waals surface area (Å²) < 4.78 is 13.6. The van der Waals surface area contributed by atoms with Crippen LogP contribution in [0.1, 0.15) is 21.5 Å². The Hall–Kier alpha value is -2.99. The monoisotopic (exact) mass is 384 g/mol. The number of nitrogens with zero attached hydrogens (tertiary/aromatic N) is 2. The molecule has 0 radical (unpaired) electrons. The summed E-state index contributed by atoms with van der Waals surface area (Å²) >= 11 is 5.96. The van der Waals surface area contributed by atoms with Gasteiger partial charge in [-0.25, -0.2) is 14.4 Å². The summed E-state index contributed by atoms with van der Waals surface area (Å²) in [5.74, 6) is -0.177. The van der Waals surface area contributed by atoms with E-state index in [9.17, 15) is 9.18 Å². The normalized spacial score (nSPS) is 10.5. The van der Waals surface area contributed by atoms with Crippen LogP contribution in [0.15, 0.2) is 54.9 Å². The number of benzene rings is 2. The van der Waals surface area contributed by atoms with Gasteiger partial charge in [-0.15, -0.1) is 0 Å². The van der Waals surface area contributed by atoms with E-state index in [4.69, 9.17) is 11.6 Å². The van der Waals surface area contributed by atoms with Gasteiger partial charge in [-0.1, -0.05) is 35.9 Å². The second-order valence-electron chi connectivity index (χ2n) is 5.98. The smallest absolute Gasteiger partial charge is 0.258 e. The van der Waals surface area contributed by atoms with Gasteiger partial charge in [-0.05, 0) is 42.7 Å². The number of nitrogens with one attached hydrogen (secondary N) is 2. The second kappa shape index (κ2) is 8.60. The van der Waals surface area contributed by atoms with Crippen molar-refractivity contribution in [1.29, 1.82) is 0 Å². The lowest BCUT2D eigenvalue weighted by Crippen LogP contribution is -2.14. The van der Waals surface area contributed by atoms with Crippen molar-refractivity contribution < 1.29 is 9.18 Å². The molecule has 3 aromatic rings. The molecule has 3 rings (SSSR count). The van der Waals surface area contributed by atoms with Gasteiger partial charge < -0.3 is 10.6 Å². The topological polar surface area (TPSA) is 66.9 Å². The van der Waals surface area contributed by atoms with E-state index in [1.54, 1.807) is 30.3 Å². The van der Waals surface area contributed by atoms with E-state index in [2.05, 4.69) is 20.6 Å². The van der Waals surface area contributed by atoms with Crippen LogP contribution in [-0.4, -0.2) is 22.4 Å². The van der Waals surface area contributed by atoms with Gasteiger partial charge in [0.15, 0.2) is 0 Å². The van der Waals surface area contributed by atoms with Crippen molar-refractivity contribution in [2.24, 2.45) is 0 Å². The molecule has 1 aromatic heterocycles. The van der Waals surface area contributed by atoms with E-state index >= 15 is 0 Å². The number of amides is 1. The summed E-state index contributed by atoms with van der Waals surface area (Å²) in [5.41, 5.74) is 2.49. The molecule has 1 heterocycles. The molecule has 5 nitrogen and oxygen atoms in total. The van der Waals surface area contributed by atoms with E-state index in [0.717, 1.165) is 5.56 Å². The molecule has 0 spiro atoms. The maximum Gasteiger partial charge on any atom is 0.258 e. The highest BCUT2D eigenvalue weighted by atomic mass is 35.5. The van der Waals surface area contributed by atoms with Crippen LogP contribution in [-0.2, 0) is 6.42 Å². The first-order valence-electron chi connectivity index (χ1n) is 8.40. The number of hydrogen-bond acceptors (Lipinski definition) is 4. The summed E-state index contributed by atoms with van der Waals surface area (Å²) in [5, 5.41) is 6.35. The SMILES string of the molecule is Cc1ccc(Cl)cc1NC(=O)c1cnc(NCCc2ccccc2F)nc1. The van der Waals surface area contributed by atoms with Gasteiger partial charge >= 0.3 is 0 Å². The summed E-state index contributed by atoms with van der Waals surface area (Å²) in [6.07, 6.45) is 3.38. The van der Waals surface area contributed by atoms with Crippen molar-refractivity contribution in [3.63, 3.8) is 0 Å². The maximum atomic E-state index is 13.6. The van der Waals surface area contributed by atoms with E-state index in [1.165, 1.54) is 18.5 Å². The molecule has 2 N–H and O–H groups in total. The van der Waals surface area contributed by atoms with E-state index in [0.29, 0.717) is 40.8 Å². The first-order chi connectivity index (χ1) is 13.0. The third kappa shape index (κ3) is 5.01. The fraction of sp³-hybridized carbons (Fsp3) is 0.150. The van der Waals surface area contributed by atoms with Gasteiger partial charge in [-0.3, -0.25) is 4.79 Å². The highest BCUT2D eigenvalue weighted by molar-refractivity contribution is 6.31. The summed E-state index contributed by atoms with van der Waals surface area (Å²) in [6.45, 7) is 2.36. The average Bonchev–Trinajstić information content (AvgIpc) is 2.67. The third-order valence-electron chi connectivity index (χ3n) is 4.00. The number of carbonyl (C=O) groups excluding carboxylic acids is 1. The number of aryl methyl sites for hydroxylation is 1. The van der Waals surface area contributed by atoms with Crippen molar-refractivity contribution in [3.8, 4) is 0 Å². The first kappa shape index (κ1) is 18.8. The van der Waals surface area contributed by atoms with Gasteiger partial charge in [0.05, 0.1) is 5.56 Å². The molecule has 7 heteroatoms. The van der Waals surface area contributed by atoms with E-state index in [1.807, 2.05) is 13.0 Å². The minimum Gasteiger partial charge on any atom is -0.354 e. The number of rotatable bonds is 6. The van der Waals surface area contributed by atoms with Crippen LogP contribution in [0.25, 0.3) is 0 Å². The minimum absolute atomic E-state index is 0.233. The molecule has 138 valence electrons. The molecule has 27 heavy (non-hydrogen) atoms. The van der Waals surface area contributed by atoms with Crippen LogP contribution in [0, 0.1) is 12.7 Å². The zero-order valence-electron chi connectivity index (χ0n) is 14.7. The Kier molecular flexibility index (Phi) is 5.98. The Bertz CT molecular complexity index is 947. The molecular weight excluding hydrogens is 367 g/mol. The van der Waals surface area contributed by atoms with Gasteiger partial charge in [0.1, 0.15) is 5.82 Å². The zero-order chi connectivity index (χ0) is 19.2. The highest BCUT2D eigenvalue weighted by Crippen LogP contribution is 2.20. The Morgan fingerprint density at radius 1 is 1.15 bits per heavy atom. The Morgan fingerprint density at radius 3 is 2.63 bits per heavy atom. The molecule has 0 aliphatic rings. The molecular formula is C20H18ClFN4O. The van der Waals surface area contributed by atoms with Gasteiger partial charge in [0, 0.05) is 29.6 Å². The molecule has 0 bridgehead atoms.